The summed E-state index contributed by atoms with van der Waals surface area (Å²) < 4.78 is 26.9. The van der Waals surface area contributed by atoms with Gasteiger partial charge in [0.05, 0.1) is 6.61 Å². The highest BCUT2D eigenvalue weighted by molar-refractivity contribution is 5.77. The third-order valence-electron chi connectivity index (χ3n) is 4.25. The summed E-state index contributed by atoms with van der Waals surface area (Å²) in [6, 6.07) is 3.48. The number of amides is 1. The first-order valence-corrected chi connectivity index (χ1v) is 7.43. The van der Waals surface area contributed by atoms with E-state index in [9.17, 15) is 18.7 Å². The van der Waals surface area contributed by atoms with E-state index in [1.54, 1.807) is 11.0 Å². The topological polar surface area (TPSA) is 40.5 Å². The minimum atomic E-state index is -0.620. The average molecular weight is 309 g/mol. The van der Waals surface area contributed by atoms with Gasteiger partial charge in [-0.3, -0.25) is 4.79 Å². The zero-order chi connectivity index (χ0) is 16.2. The summed E-state index contributed by atoms with van der Waals surface area (Å²) in [6.07, 6.45) is 3.56. The number of carbonyl (C=O) groups excluding carboxylic acids is 1. The van der Waals surface area contributed by atoms with E-state index >= 15 is 0 Å². The van der Waals surface area contributed by atoms with Crippen LogP contribution in [-0.4, -0.2) is 35.6 Å². The molecule has 1 saturated heterocycles. The second-order valence-electron chi connectivity index (χ2n) is 5.98. The SMILES string of the molecule is C=CCC(=O)N1CCC[C@](CO)(Cc2ccc(F)cc2F)C1. The molecule has 3 nitrogen and oxygen atoms in total. The first-order chi connectivity index (χ1) is 10.5. The summed E-state index contributed by atoms with van der Waals surface area (Å²) in [5.74, 6) is -1.26. The quantitative estimate of drug-likeness (QED) is 0.850. The molecule has 1 atom stereocenters. The van der Waals surface area contributed by atoms with Gasteiger partial charge < -0.3 is 10.0 Å². The van der Waals surface area contributed by atoms with Gasteiger partial charge in [0.1, 0.15) is 11.6 Å². The highest BCUT2D eigenvalue weighted by atomic mass is 19.1. The van der Waals surface area contributed by atoms with Gasteiger partial charge in [-0.05, 0) is 30.9 Å². The second-order valence-corrected chi connectivity index (χ2v) is 5.98. The summed E-state index contributed by atoms with van der Waals surface area (Å²) >= 11 is 0. The van der Waals surface area contributed by atoms with Crippen LogP contribution >= 0.6 is 0 Å². The standard InChI is InChI=1S/C17H21F2NO2/c1-2-4-16(22)20-8-3-7-17(11-20,12-21)10-13-5-6-14(18)9-15(13)19/h2,5-6,9,21H,1,3-4,7-8,10-12H2/t17-/m0/s1. The fourth-order valence-corrected chi connectivity index (χ4v) is 3.07. The number of halogens is 2. The van der Waals surface area contributed by atoms with Crippen molar-refractivity contribution in [1.29, 1.82) is 0 Å². The van der Waals surface area contributed by atoms with Gasteiger partial charge in [0, 0.05) is 31.0 Å². The lowest BCUT2D eigenvalue weighted by molar-refractivity contribution is -0.134. The first kappa shape index (κ1) is 16.6. The Hall–Kier alpha value is -1.75. The predicted octanol–water partition coefficient (Wildman–Crippen LogP) is 2.68. The molecule has 0 bridgehead atoms. The third-order valence-corrected chi connectivity index (χ3v) is 4.25. The van der Waals surface area contributed by atoms with Gasteiger partial charge in [-0.2, -0.15) is 0 Å². The van der Waals surface area contributed by atoms with Gasteiger partial charge in [-0.1, -0.05) is 12.1 Å². The maximum Gasteiger partial charge on any atom is 0.226 e. The Labute approximate surface area is 129 Å². The number of hydrogen-bond donors (Lipinski definition) is 1. The number of likely N-dealkylation sites (tertiary alicyclic amines) is 1. The predicted molar refractivity (Wildman–Crippen MR) is 80.2 cm³/mol. The average Bonchev–Trinajstić information content (AvgIpc) is 2.51. The molecule has 1 N–H and O–H groups in total. The molecule has 0 radical (unpaired) electrons. The fraction of sp³-hybridized carbons (Fsp3) is 0.471. The van der Waals surface area contributed by atoms with Crippen LogP contribution in [0.15, 0.2) is 30.9 Å². The lowest BCUT2D eigenvalue weighted by atomic mass is 9.75. The molecule has 0 spiro atoms. The first-order valence-electron chi connectivity index (χ1n) is 7.43. The molecule has 1 aromatic carbocycles. The molecule has 0 aromatic heterocycles. The lowest BCUT2D eigenvalue weighted by Gasteiger charge is -2.42. The van der Waals surface area contributed by atoms with E-state index in [2.05, 4.69) is 6.58 Å². The van der Waals surface area contributed by atoms with Crippen molar-refractivity contribution < 1.29 is 18.7 Å². The van der Waals surface area contributed by atoms with E-state index < -0.39 is 17.0 Å². The number of rotatable bonds is 5. The van der Waals surface area contributed by atoms with E-state index in [-0.39, 0.29) is 25.4 Å². The normalized spacial score (nSPS) is 21.7. The van der Waals surface area contributed by atoms with Gasteiger partial charge in [-0.25, -0.2) is 8.78 Å². The molecular weight excluding hydrogens is 288 g/mol. The number of benzene rings is 1. The van der Waals surface area contributed by atoms with E-state index in [1.165, 1.54) is 12.1 Å². The summed E-state index contributed by atoms with van der Waals surface area (Å²) in [5, 5.41) is 9.82. The van der Waals surface area contributed by atoms with Gasteiger partial charge >= 0.3 is 0 Å². The smallest absolute Gasteiger partial charge is 0.226 e. The van der Waals surface area contributed by atoms with Crippen LogP contribution in [0.25, 0.3) is 0 Å². The zero-order valence-corrected chi connectivity index (χ0v) is 12.5. The zero-order valence-electron chi connectivity index (χ0n) is 12.5. The largest absolute Gasteiger partial charge is 0.396 e. The second kappa shape index (κ2) is 7.01. The highest BCUT2D eigenvalue weighted by Gasteiger charge is 2.37. The van der Waals surface area contributed by atoms with Crippen molar-refractivity contribution in [2.75, 3.05) is 19.7 Å². The van der Waals surface area contributed by atoms with Crippen molar-refractivity contribution in [3.8, 4) is 0 Å². The molecule has 1 fully saturated rings. The Morgan fingerprint density at radius 3 is 2.86 bits per heavy atom. The third kappa shape index (κ3) is 3.71. The van der Waals surface area contributed by atoms with Crippen LogP contribution in [-0.2, 0) is 11.2 Å². The molecule has 5 heteroatoms. The summed E-state index contributed by atoms with van der Waals surface area (Å²) in [6.45, 7) is 4.44. The van der Waals surface area contributed by atoms with Crippen molar-refractivity contribution >= 4 is 5.91 Å². The number of carbonyl (C=O) groups is 1. The van der Waals surface area contributed by atoms with Crippen molar-refractivity contribution in [2.45, 2.75) is 25.7 Å². The van der Waals surface area contributed by atoms with E-state index in [4.69, 9.17) is 0 Å². The Bertz CT molecular complexity index is 562. The van der Waals surface area contributed by atoms with E-state index in [1.807, 2.05) is 0 Å². The van der Waals surface area contributed by atoms with Crippen LogP contribution in [0.2, 0.25) is 0 Å². The molecule has 2 rings (SSSR count). The molecular formula is C17H21F2NO2. The maximum atomic E-state index is 13.9. The Kier molecular flexibility index (Phi) is 5.29. The molecule has 1 amide bonds. The monoisotopic (exact) mass is 309 g/mol. The van der Waals surface area contributed by atoms with Crippen LogP contribution in [0, 0.1) is 17.0 Å². The molecule has 120 valence electrons. The maximum absolute atomic E-state index is 13.9. The Morgan fingerprint density at radius 1 is 1.45 bits per heavy atom. The summed E-state index contributed by atoms with van der Waals surface area (Å²) in [5.41, 5.74) is -0.207. The van der Waals surface area contributed by atoms with Gasteiger partial charge in [0.25, 0.3) is 0 Å². The highest BCUT2D eigenvalue weighted by Crippen LogP contribution is 2.34. The van der Waals surface area contributed by atoms with Crippen LogP contribution in [0.1, 0.15) is 24.8 Å². The summed E-state index contributed by atoms with van der Waals surface area (Å²) in [7, 11) is 0. The van der Waals surface area contributed by atoms with E-state index in [0.29, 0.717) is 25.1 Å². The number of nitrogens with zero attached hydrogens (tertiary/aromatic N) is 1. The Balaban J connectivity index is 2.17. The van der Waals surface area contributed by atoms with Crippen molar-refractivity contribution in [3.63, 3.8) is 0 Å². The van der Waals surface area contributed by atoms with E-state index in [0.717, 1.165) is 12.5 Å². The van der Waals surface area contributed by atoms with Gasteiger partial charge in [0.15, 0.2) is 0 Å². The van der Waals surface area contributed by atoms with Crippen LogP contribution < -0.4 is 0 Å². The van der Waals surface area contributed by atoms with Crippen LogP contribution in [0.3, 0.4) is 0 Å². The number of aliphatic hydroxyl groups excluding tert-OH is 1. The van der Waals surface area contributed by atoms with Gasteiger partial charge in [-0.15, -0.1) is 6.58 Å². The summed E-state index contributed by atoms with van der Waals surface area (Å²) in [4.78, 5) is 13.7. The van der Waals surface area contributed by atoms with Crippen molar-refractivity contribution in [3.05, 3.63) is 48.1 Å². The lowest BCUT2D eigenvalue weighted by Crippen LogP contribution is -2.48. The molecule has 0 saturated carbocycles. The molecule has 22 heavy (non-hydrogen) atoms. The number of piperidine rings is 1. The Morgan fingerprint density at radius 2 is 2.23 bits per heavy atom. The minimum Gasteiger partial charge on any atom is -0.396 e. The molecule has 1 aromatic rings. The van der Waals surface area contributed by atoms with Crippen molar-refractivity contribution in [1.82, 2.24) is 4.90 Å². The molecule has 0 unspecified atom stereocenters. The molecule has 0 aliphatic carbocycles. The minimum absolute atomic E-state index is 0.0351. The molecule has 1 aliphatic rings. The van der Waals surface area contributed by atoms with Gasteiger partial charge in [0.2, 0.25) is 5.91 Å². The van der Waals surface area contributed by atoms with Crippen LogP contribution in [0.5, 0.6) is 0 Å². The number of hydrogen-bond acceptors (Lipinski definition) is 2. The van der Waals surface area contributed by atoms with Crippen molar-refractivity contribution in [2.24, 2.45) is 5.41 Å². The molecule has 1 aliphatic heterocycles. The molecule has 1 heterocycles. The fourth-order valence-electron chi connectivity index (χ4n) is 3.07. The van der Waals surface area contributed by atoms with Crippen LogP contribution in [0.4, 0.5) is 8.78 Å². The number of aliphatic hydroxyl groups is 1.